The first-order valence-corrected chi connectivity index (χ1v) is 20.1. The van der Waals surface area contributed by atoms with Gasteiger partial charge in [0.1, 0.15) is 6.10 Å². The highest BCUT2D eigenvalue weighted by molar-refractivity contribution is 5.80. The van der Waals surface area contributed by atoms with Crippen LogP contribution < -0.4 is 5.32 Å². The molecule has 0 aliphatic heterocycles. The molecular weight excluding hydrogens is 574 g/mol. The van der Waals surface area contributed by atoms with E-state index < -0.39 is 36.9 Å². The van der Waals surface area contributed by atoms with Gasteiger partial charge in [-0.15, -0.1) is 0 Å². The molecule has 5 N–H and O–H groups in total. The zero-order valence-electron chi connectivity index (χ0n) is 30.6. The standard InChI is InChI=1S/C40H79NO5/c1-3-5-7-9-11-13-15-16-17-18-19-20-21-22-24-26-28-30-32-39(45)40(46)41-37(35-42)38(44)34-33-36(43)31-29-27-25-23-14-12-10-8-6-4-2/h33-34,36-39,42-45H,3-32,35H2,1-2H3,(H,41,46). The molecule has 0 saturated carbocycles. The van der Waals surface area contributed by atoms with Gasteiger partial charge in [0.25, 0.3) is 0 Å². The first-order valence-electron chi connectivity index (χ1n) is 20.1. The quantitative estimate of drug-likeness (QED) is 0.0342. The number of unbranched alkanes of at least 4 members (excludes halogenated alkanes) is 26. The maximum Gasteiger partial charge on any atom is 0.249 e. The van der Waals surface area contributed by atoms with Gasteiger partial charge in [0.15, 0.2) is 0 Å². The molecular formula is C40H79NO5. The molecule has 0 aromatic heterocycles. The largest absolute Gasteiger partial charge is 0.394 e. The van der Waals surface area contributed by atoms with E-state index in [1.165, 1.54) is 154 Å². The summed E-state index contributed by atoms with van der Waals surface area (Å²) in [6.45, 7) is 4.07. The van der Waals surface area contributed by atoms with Crippen LogP contribution in [0.5, 0.6) is 0 Å². The zero-order chi connectivity index (χ0) is 33.9. The van der Waals surface area contributed by atoms with Gasteiger partial charge in [-0.2, -0.15) is 0 Å². The molecule has 0 heterocycles. The maximum atomic E-state index is 12.4. The Morgan fingerprint density at radius 3 is 1.17 bits per heavy atom. The molecule has 0 spiro atoms. The van der Waals surface area contributed by atoms with Crippen LogP contribution in [0.4, 0.5) is 0 Å². The van der Waals surface area contributed by atoms with Gasteiger partial charge >= 0.3 is 0 Å². The number of carbonyl (C=O) groups excluding carboxylic acids is 1. The second-order valence-electron chi connectivity index (χ2n) is 14.0. The van der Waals surface area contributed by atoms with E-state index in [0.29, 0.717) is 12.8 Å². The number of aliphatic hydroxyl groups excluding tert-OH is 4. The van der Waals surface area contributed by atoms with Crippen molar-refractivity contribution in [3.8, 4) is 0 Å². The van der Waals surface area contributed by atoms with Crippen molar-refractivity contribution in [2.24, 2.45) is 0 Å². The number of nitrogens with one attached hydrogen (secondary N) is 1. The Bertz CT molecular complexity index is 658. The molecule has 0 saturated heterocycles. The Hall–Kier alpha value is -0.950. The summed E-state index contributed by atoms with van der Waals surface area (Å²) >= 11 is 0. The molecule has 0 rings (SSSR count). The van der Waals surface area contributed by atoms with Crippen molar-refractivity contribution in [2.45, 2.75) is 231 Å². The zero-order valence-corrected chi connectivity index (χ0v) is 30.6. The number of rotatable bonds is 36. The highest BCUT2D eigenvalue weighted by Crippen LogP contribution is 2.16. The van der Waals surface area contributed by atoms with E-state index in [4.69, 9.17) is 0 Å². The van der Waals surface area contributed by atoms with Crippen LogP contribution in [0.15, 0.2) is 12.2 Å². The topological polar surface area (TPSA) is 110 Å². The van der Waals surface area contributed by atoms with Gasteiger partial charge in [-0.05, 0) is 12.8 Å². The lowest BCUT2D eigenvalue weighted by Crippen LogP contribution is -2.48. The van der Waals surface area contributed by atoms with E-state index in [1.807, 2.05) is 0 Å². The molecule has 0 bridgehead atoms. The van der Waals surface area contributed by atoms with Crippen LogP contribution in [0.25, 0.3) is 0 Å². The first kappa shape index (κ1) is 45.0. The van der Waals surface area contributed by atoms with E-state index in [9.17, 15) is 25.2 Å². The number of hydrogen-bond acceptors (Lipinski definition) is 5. The lowest BCUT2D eigenvalue weighted by atomic mass is 10.0. The molecule has 0 aromatic rings. The summed E-state index contributed by atoms with van der Waals surface area (Å²) < 4.78 is 0. The van der Waals surface area contributed by atoms with E-state index in [0.717, 1.165) is 32.1 Å². The van der Waals surface area contributed by atoms with Gasteiger partial charge in [-0.25, -0.2) is 0 Å². The highest BCUT2D eigenvalue weighted by Gasteiger charge is 2.22. The smallest absolute Gasteiger partial charge is 0.249 e. The normalized spacial score (nSPS) is 14.5. The summed E-state index contributed by atoms with van der Waals surface area (Å²) in [5, 5.41) is 43.2. The number of amides is 1. The van der Waals surface area contributed by atoms with E-state index in [1.54, 1.807) is 6.08 Å². The molecule has 6 heteroatoms. The van der Waals surface area contributed by atoms with Crippen molar-refractivity contribution in [1.29, 1.82) is 0 Å². The fourth-order valence-corrected chi connectivity index (χ4v) is 6.20. The predicted molar refractivity (Wildman–Crippen MR) is 196 cm³/mol. The summed E-state index contributed by atoms with van der Waals surface area (Å²) in [6.07, 6.45) is 36.8. The van der Waals surface area contributed by atoms with E-state index >= 15 is 0 Å². The lowest BCUT2D eigenvalue weighted by molar-refractivity contribution is -0.131. The summed E-state index contributed by atoms with van der Waals surface area (Å²) in [7, 11) is 0. The third-order valence-electron chi connectivity index (χ3n) is 9.45. The predicted octanol–water partition coefficient (Wildman–Crippen LogP) is 9.85. The van der Waals surface area contributed by atoms with Gasteiger partial charge in [-0.3, -0.25) is 4.79 Å². The van der Waals surface area contributed by atoms with E-state index in [-0.39, 0.29) is 0 Å². The lowest BCUT2D eigenvalue weighted by Gasteiger charge is -2.22. The average Bonchev–Trinajstić information content (AvgIpc) is 3.06. The van der Waals surface area contributed by atoms with Crippen LogP contribution in [0.2, 0.25) is 0 Å². The Morgan fingerprint density at radius 2 is 0.826 bits per heavy atom. The molecule has 46 heavy (non-hydrogen) atoms. The molecule has 0 aliphatic rings. The molecule has 0 aromatic carbocycles. The Labute approximate surface area is 285 Å². The second kappa shape index (κ2) is 35.4. The maximum absolute atomic E-state index is 12.4. The SMILES string of the molecule is CCCCCCCCCCCCCCCCCCCCC(O)C(=O)NC(CO)C(O)C=CC(O)CCCCCCCCCCCC. The average molecular weight is 654 g/mol. The molecule has 4 unspecified atom stereocenters. The van der Waals surface area contributed by atoms with Crippen molar-refractivity contribution in [3.63, 3.8) is 0 Å². The number of aliphatic hydroxyl groups is 4. The number of hydrogen-bond donors (Lipinski definition) is 5. The van der Waals surface area contributed by atoms with Gasteiger partial charge < -0.3 is 25.7 Å². The fourth-order valence-electron chi connectivity index (χ4n) is 6.20. The van der Waals surface area contributed by atoms with Crippen LogP contribution in [-0.2, 0) is 4.79 Å². The van der Waals surface area contributed by atoms with Crippen LogP contribution in [0.3, 0.4) is 0 Å². The third kappa shape index (κ3) is 30.4. The monoisotopic (exact) mass is 654 g/mol. The fraction of sp³-hybridized carbons (Fsp3) is 0.925. The molecule has 0 fully saturated rings. The van der Waals surface area contributed by atoms with Crippen LogP contribution in [0, 0.1) is 0 Å². The summed E-state index contributed by atoms with van der Waals surface area (Å²) in [5.41, 5.74) is 0. The summed E-state index contributed by atoms with van der Waals surface area (Å²) in [6, 6.07) is -0.914. The van der Waals surface area contributed by atoms with Crippen LogP contribution in [0.1, 0.15) is 206 Å². The minimum absolute atomic E-state index is 0.381. The third-order valence-corrected chi connectivity index (χ3v) is 9.45. The van der Waals surface area contributed by atoms with E-state index in [2.05, 4.69) is 19.2 Å². The van der Waals surface area contributed by atoms with Gasteiger partial charge in [0.05, 0.1) is 24.9 Å². The molecule has 0 aliphatic carbocycles. The Balaban J connectivity index is 3.77. The number of carbonyl (C=O) groups is 1. The summed E-state index contributed by atoms with van der Waals surface area (Å²) in [5.74, 6) is -0.565. The summed E-state index contributed by atoms with van der Waals surface area (Å²) in [4.78, 5) is 12.4. The Morgan fingerprint density at radius 1 is 0.500 bits per heavy atom. The Kier molecular flexibility index (Phi) is 34.6. The van der Waals surface area contributed by atoms with Gasteiger partial charge in [0, 0.05) is 0 Å². The van der Waals surface area contributed by atoms with Crippen LogP contribution in [-0.4, -0.2) is 57.3 Å². The first-order chi connectivity index (χ1) is 22.5. The van der Waals surface area contributed by atoms with Gasteiger partial charge in [-0.1, -0.05) is 206 Å². The molecule has 1 amide bonds. The van der Waals surface area contributed by atoms with Crippen molar-refractivity contribution >= 4 is 5.91 Å². The van der Waals surface area contributed by atoms with Crippen molar-refractivity contribution in [3.05, 3.63) is 12.2 Å². The van der Waals surface area contributed by atoms with Gasteiger partial charge in [0.2, 0.25) is 5.91 Å². The highest BCUT2D eigenvalue weighted by atomic mass is 16.3. The van der Waals surface area contributed by atoms with Crippen molar-refractivity contribution in [1.82, 2.24) is 5.32 Å². The minimum atomic E-state index is -1.15. The molecule has 274 valence electrons. The molecule has 4 atom stereocenters. The minimum Gasteiger partial charge on any atom is -0.394 e. The second-order valence-corrected chi connectivity index (χ2v) is 14.0. The van der Waals surface area contributed by atoms with Crippen molar-refractivity contribution < 1.29 is 25.2 Å². The molecule has 6 nitrogen and oxygen atoms in total. The molecule has 0 radical (unpaired) electrons. The van der Waals surface area contributed by atoms with Crippen LogP contribution >= 0.6 is 0 Å². The van der Waals surface area contributed by atoms with Crippen molar-refractivity contribution in [2.75, 3.05) is 6.61 Å².